The number of benzene rings is 1. The largest absolute Gasteiger partial charge is 0.207 e. The standard InChI is InChI=1S/C18H27F/c1-5-6-9-16-14-17(19)12-11-15(16)10-7-8-13-18(2,3)4/h9-12,14H,5-8,13H2,1-4H3. The first kappa shape index (κ1) is 15.9. The molecule has 0 aliphatic rings. The lowest BCUT2D eigenvalue weighted by Crippen LogP contribution is -2.24. The molecule has 0 amide bonds. The van der Waals surface area contributed by atoms with Gasteiger partial charge in [0.05, 0.1) is 0 Å². The summed E-state index contributed by atoms with van der Waals surface area (Å²) < 4.78 is 13.3. The van der Waals surface area contributed by atoms with Crippen LogP contribution in [0.1, 0.15) is 59.8 Å². The zero-order valence-electron chi connectivity index (χ0n) is 12.8. The van der Waals surface area contributed by atoms with E-state index in [0.717, 1.165) is 24.5 Å². The van der Waals surface area contributed by atoms with Gasteiger partial charge in [0.2, 0.25) is 0 Å². The first-order valence-corrected chi connectivity index (χ1v) is 7.38. The maximum atomic E-state index is 13.3. The van der Waals surface area contributed by atoms with Crippen molar-refractivity contribution in [1.82, 2.24) is 0 Å². The summed E-state index contributed by atoms with van der Waals surface area (Å²) >= 11 is 0. The minimum Gasteiger partial charge on any atom is -0.207 e. The van der Waals surface area contributed by atoms with Crippen LogP contribution < -0.4 is 10.4 Å². The Balaban J connectivity index is 2.82. The van der Waals surface area contributed by atoms with E-state index < -0.39 is 0 Å². The van der Waals surface area contributed by atoms with Crippen LogP contribution in [0.2, 0.25) is 0 Å². The Kier molecular flexibility index (Phi) is 6.27. The molecule has 0 aliphatic heterocycles. The Morgan fingerprint density at radius 2 is 1.74 bits per heavy atom. The van der Waals surface area contributed by atoms with Crippen molar-refractivity contribution in [3.63, 3.8) is 0 Å². The number of hydrogen-bond donors (Lipinski definition) is 0. The Bertz CT molecular complexity index is 491. The van der Waals surface area contributed by atoms with Crippen molar-refractivity contribution in [2.75, 3.05) is 0 Å². The predicted octanol–water partition coefficient (Wildman–Crippen LogP) is 4.40. The average molecular weight is 262 g/mol. The van der Waals surface area contributed by atoms with Crippen molar-refractivity contribution < 1.29 is 4.39 Å². The summed E-state index contributed by atoms with van der Waals surface area (Å²) in [6.07, 6.45) is 9.96. The maximum Gasteiger partial charge on any atom is 0.123 e. The molecule has 0 aliphatic carbocycles. The Labute approximate surface area is 117 Å². The molecular formula is C18H27F. The van der Waals surface area contributed by atoms with Crippen LogP contribution in [0.15, 0.2) is 18.2 Å². The molecule has 1 heteroatoms. The summed E-state index contributed by atoms with van der Waals surface area (Å²) in [4.78, 5) is 0. The normalized spacial score (nSPS) is 14.2. The number of rotatable bonds is 5. The molecule has 0 N–H and O–H groups in total. The average Bonchev–Trinajstić information content (AvgIpc) is 2.32. The molecule has 0 aromatic heterocycles. The van der Waals surface area contributed by atoms with Crippen LogP contribution in [0.3, 0.4) is 0 Å². The fourth-order valence-corrected chi connectivity index (χ4v) is 2.10. The molecule has 0 saturated carbocycles. The summed E-state index contributed by atoms with van der Waals surface area (Å²) in [5.74, 6) is -0.144. The van der Waals surface area contributed by atoms with Gasteiger partial charge < -0.3 is 0 Å². The third-order valence-electron chi connectivity index (χ3n) is 3.20. The molecule has 0 bridgehead atoms. The zero-order chi connectivity index (χ0) is 14.3. The molecule has 1 aromatic carbocycles. The van der Waals surface area contributed by atoms with Crippen molar-refractivity contribution in [2.45, 2.75) is 59.8 Å². The van der Waals surface area contributed by atoms with Gasteiger partial charge in [0.1, 0.15) is 5.82 Å². The summed E-state index contributed by atoms with van der Waals surface area (Å²) in [6, 6.07) is 5.10. The van der Waals surface area contributed by atoms with Gasteiger partial charge >= 0.3 is 0 Å². The molecule has 0 nitrogen and oxygen atoms in total. The van der Waals surface area contributed by atoms with Crippen molar-refractivity contribution in [2.24, 2.45) is 5.41 Å². The summed E-state index contributed by atoms with van der Waals surface area (Å²) in [5.41, 5.74) is 0.397. The number of hydrogen-bond acceptors (Lipinski definition) is 0. The van der Waals surface area contributed by atoms with Gasteiger partial charge in [0.15, 0.2) is 0 Å². The molecule has 0 atom stereocenters. The van der Waals surface area contributed by atoms with E-state index in [2.05, 4.69) is 39.8 Å². The van der Waals surface area contributed by atoms with Crippen molar-refractivity contribution >= 4 is 12.2 Å². The second kappa shape index (κ2) is 7.47. The van der Waals surface area contributed by atoms with Crippen molar-refractivity contribution in [1.29, 1.82) is 0 Å². The van der Waals surface area contributed by atoms with Crippen LogP contribution in [0, 0.1) is 11.2 Å². The molecule has 0 heterocycles. The Hall–Kier alpha value is -1.11. The minimum absolute atomic E-state index is 0.144. The number of halogens is 1. The Morgan fingerprint density at radius 1 is 1.05 bits per heavy atom. The van der Waals surface area contributed by atoms with E-state index >= 15 is 0 Å². The van der Waals surface area contributed by atoms with Gasteiger partial charge in [-0.1, -0.05) is 52.3 Å². The molecule has 19 heavy (non-hydrogen) atoms. The van der Waals surface area contributed by atoms with E-state index in [1.54, 1.807) is 12.1 Å². The fraction of sp³-hybridized carbons (Fsp3) is 0.556. The molecule has 0 radical (unpaired) electrons. The van der Waals surface area contributed by atoms with Crippen molar-refractivity contribution in [3.05, 3.63) is 34.5 Å². The van der Waals surface area contributed by atoms with Crippen LogP contribution in [0.25, 0.3) is 12.2 Å². The topological polar surface area (TPSA) is 0 Å². The highest BCUT2D eigenvalue weighted by molar-refractivity contribution is 5.32. The van der Waals surface area contributed by atoms with Crippen molar-refractivity contribution in [3.8, 4) is 0 Å². The van der Waals surface area contributed by atoms with Gasteiger partial charge in [-0.25, -0.2) is 4.39 Å². The fourth-order valence-electron chi connectivity index (χ4n) is 2.10. The lowest BCUT2D eigenvalue weighted by Gasteiger charge is -2.16. The predicted molar refractivity (Wildman–Crippen MR) is 82.8 cm³/mol. The van der Waals surface area contributed by atoms with Crippen LogP contribution >= 0.6 is 0 Å². The summed E-state index contributed by atoms with van der Waals surface area (Å²) in [7, 11) is 0. The third-order valence-corrected chi connectivity index (χ3v) is 3.20. The molecule has 0 saturated heterocycles. The number of unbranched alkanes of at least 4 members (excludes halogenated alkanes) is 2. The summed E-state index contributed by atoms with van der Waals surface area (Å²) in [6.45, 7) is 8.95. The van der Waals surface area contributed by atoms with Gasteiger partial charge in [-0.15, -0.1) is 0 Å². The SMILES string of the molecule is CCCC=c1cc(F)ccc1=CCCCC(C)(C)C. The van der Waals surface area contributed by atoms with Crippen LogP contribution in [0.5, 0.6) is 0 Å². The van der Waals surface area contributed by atoms with Crippen LogP contribution in [0.4, 0.5) is 4.39 Å². The molecule has 1 rings (SSSR count). The maximum absolute atomic E-state index is 13.3. The molecule has 0 fully saturated rings. The van der Waals surface area contributed by atoms with E-state index in [4.69, 9.17) is 0 Å². The van der Waals surface area contributed by atoms with E-state index in [-0.39, 0.29) is 5.82 Å². The lowest BCUT2D eigenvalue weighted by atomic mass is 9.90. The molecule has 106 valence electrons. The molecule has 0 spiro atoms. The molecule has 0 unspecified atom stereocenters. The summed E-state index contributed by atoms with van der Waals surface area (Å²) in [5, 5.41) is 2.21. The lowest BCUT2D eigenvalue weighted by molar-refractivity contribution is 0.368. The highest BCUT2D eigenvalue weighted by Gasteiger charge is 2.07. The molecule has 1 aromatic rings. The van der Waals surface area contributed by atoms with Gasteiger partial charge in [-0.3, -0.25) is 0 Å². The highest BCUT2D eigenvalue weighted by Crippen LogP contribution is 2.21. The van der Waals surface area contributed by atoms with Gasteiger partial charge in [0, 0.05) is 0 Å². The van der Waals surface area contributed by atoms with E-state index in [1.165, 1.54) is 18.1 Å². The van der Waals surface area contributed by atoms with Gasteiger partial charge in [-0.2, -0.15) is 0 Å². The van der Waals surface area contributed by atoms with E-state index in [0.29, 0.717) is 5.41 Å². The zero-order valence-corrected chi connectivity index (χ0v) is 12.8. The smallest absolute Gasteiger partial charge is 0.123 e. The van der Waals surface area contributed by atoms with Crippen LogP contribution in [-0.4, -0.2) is 0 Å². The van der Waals surface area contributed by atoms with E-state index in [1.807, 2.05) is 6.07 Å². The first-order valence-electron chi connectivity index (χ1n) is 7.38. The molecular weight excluding hydrogens is 235 g/mol. The highest BCUT2D eigenvalue weighted by atomic mass is 19.1. The minimum atomic E-state index is -0.144. The monoisotopic (exact) mass is 262 g/mol. The van der Waals surface area contributed by atoms with Crippen LogP contribution in [-0.2, 0) is 0 Å². The quantitative estimate of drug-likeness (QED) is 0.690. The second-order valence-corrected chi connectivity index (χ2v) is 6.42. The third kappa shape index (κ3) is 6.56. The van der Waals surface area contributed by atoms with E-state index in [9.17, 15) is 4.39 Å². The van der Waals surface area contributed by atoms with Gasteiger partial charge in [0.25, 0.3) is 0 Å². The Morgan fingerprint density at radius 3 is 2.37 bits per heavy atom. The second-order valence-electron chi connectivity index (χ2n) is 6.42. The van der Waals surface area contributed by atoms with Gasteiger partial charge in [-0.05, 0) is 53.7 Å². The first-order chi connectivity index (χ1) is 8.92.